The van der Waals surface area contributed by atoms with Crippen molar-refractivity contribution in [1.82, 2.24) is 0 Å². The molecule has 0 aromatic heterocycles. The number of hydrogen-bond donors (Lipinski definition) is 0. The molecule has 0 atom stereocenters. The van der Waals surface area contributed by atoms with Crippen molar-refractivity contribution in [2.45, 2.75) is 52.4 Å². The van der Waals surface area contributed by atoms with Crippen LogP contribution in [0, 0.1) is 0 Å². The van der Waals surface area contributed by atoms with Crippen LogP contribution in [0.25, 0.3) is 0 Å². The Bertz CT molecular complexity index is 168. The maximum atomic E-state index is 10.4. The molecule has 1 radical (unpaired) electrons. The number of unbranched alkanes of at least 4 members (excludes halogenated alkanes) is 5. The Morgan fingerprint density at radius 3 is 2.50 bits per heavy atom. The highest BCUT2D eigenvalue weighted by molar-refractivity contribution is 5.10. The number of rotatable bonds is 8. The zero-order valence-corrected chi connectivity index (χ0v) is 9.59. The summed E-state index contributed by atoms with van der Waals surface area (Å²) in [4.78, 5) is 0. The van der Waals surface area contributed by atoms with Crippen LogP contribution in [0.1, 0.15) is 52.4 Å². The lowest BCUT2D eigenvalue weighted by Gasteiger charge is -1.95. The van der Waals surface area contributed by atoms with E-state index >= 15 is 0 Å². The Kier molecular flexibility index (Phi) is 10.1. The van der Waals surface area contributed by atoms with Gasteiger partial charge >= 0.3 is 0 Å². The molecule has 0 aliphatic heterocycles. The molecule has 0 aliphatic rings. The number of hydrogen-bond acceptors (Lipinski definition) is 0. The van der Waals surface area contributed by atoms with Gasteiger partial charge in [0.1, 0.15) is 6.61 Å². The van der Waals surface area contributed by atoms with Crippen molar-refractivity contribution in [3.63, 3.8) is 0 Å². The summed E-state index contributed by atoms with van der Waals surface area (Å²) in [5.41, 5.74) is 0.909. The minimum absolute atomic E-state index is 0.0825. The summed E-state index contributed by atoms with van der Waals surface area (Å²) in [5.74, 6) is 0. The molecule has 0 spiro atoms. The van der Waals surface area contributed by atoms with E-state index in [2.05, 4.69) is 13.0 Å². The molecule has 0 aliphatic carbocycles. The van der Waals surface area contributed by atoms with Crippen LogP contribution in [0.4, 0.5) is 0 Å². The van der Waals surface area contributed by atoms with Gasteiger partial charge in [0.25, 0.3) is 0 Å². The van der Waals surface area contributed by atoms with Crippen molar-refractivity contribution in [3.8, 4) is 0 Å². The van der Waals surface area contributed by atoms with E-state index in [1.807, 2.05) is 19.1 Å². The molecule has 14 heavy (non-hydrogen) atoms. The van der Waals surface area contributed by atoms with E-state index in [9.17, 15) is 5.11 Å². The van der Waals surface area contributed by atoms with Gasteiger partial charge in [0, 0.05) is 0 Å². The highest BCUT2D eigenvalue weighted by Crippen LogP contribution is 2.05. The Morgan fingerprint density at radius 1 is 1.14 bits per heavy atom. The third-order valence-corrected chi connectivity index (χ3v) is 2.22. The van der Waals surface area contributed by atoms with E-state index in [1.165, 1.54) is 32.1 Å². The molecule has 0 saturated carbocycles. The van der Waals surface area contributed by atoms with Crippen molar-refractivity contribution in [3.05, 3.63) is 23.8 Å². The average molecular weight is 195 g/mol. The van der Waals surface area contributed by atoms with Gasteiger partial charge in [0.2, 0.25) is 0 Å². The first-order valence-corrected chi connectivity index (χ1v) is 5.71. The van der Waals surface area contributed by atoms with E-state index in [1.54, 1.807) is 0 Å². The SMILES string of the molecule is CCCCCCCC=CC=C(C)C[O]. The van der Waals surface area contributed by atoms with Gasteiger partial charge in [0.05, 0.1) is 0 Å². The second kappa shape index (κ2) is 10.5. The Balaban J connectivity index is 3.27. The summed E-state index contributed by atoms with van der Waals surface area (Å²) in [6.45, 7) is 4.02. The van der Waals surface area contributed by atoms with Crippen LogP contribution in [0.15, 0.2) is 23.8 Å². The zero-order chi connectivity index (χ0) is 10.6. The third kappa shape index (κ3) is 9.53. The van der Waals surface area contributed by atoms with Gasteiger partial charge in [-0.3, -0.25) is 0 Å². The van der Waals surface area contributed by atoms with E-state index in [0.717, 1.165) is 12.0 Å². The van der Waals surface area contributed by atoms with E-state index in [-0.39, 0.29) is 6.61 Å². The smallest absolute Gasteiger partial charge is 0.103 e. The molecule has 0 N–H and O–H groups in total. The monoisotopic (exact) mass is 195 g/mol. The molecule has 0 saturated heterocycles. The fourth-order valence-corrected chi connectivity index (χ4v) is 1.24. The zero-order valence-electron chi connectivity index (χ0n) is 9.59. The summed E-state index contributed by atoms with van der Waals surface area (Å²) in [7, 11) is 0. The maximum Gasteiger partial charge on any atom is 0.103 e. The van der Waals surface area contributed by atoms with Crippen molar-refractivity contribution < 1.29 is 5.11 Å². The molecular formula is C13H23O. The van der Waals surface area contributed by atoms with Gasteiger partial charge in [-0.15, -0.1) is 0 Å². The lowest BCUT2D eigenvalue weighted by molar-refractivity contribution is 0.223. The normalized spacial score (nSPS) is 12.6. The first-order chi connectivity index (χ1) is 6.81. The lowest BCUT2D eigenvalue weighted by Crippen LogP contribution is -1.79. The van der Waals surface area contributed by atoms with Crippen molar-refractivity contribution >= 4 is 0 Å². The highest BCUT2D eigenvalue weighted by atomic mass is 16.3. The predicted molar refractivity (Wildman–Crippen MR) is 61.8 cm³/mol. The quantitative estimate of drug-likeness (QED) is 0.407. The molecule has 1 nitrogen and oxygen atoms in total. The van der Waals surface area contributed by atoms with E-state index in [0.29, 0.717) is 0 Å². The lowest BCUT2D eigenvalue weighted by atomic mass is 10.1. The molecule has 0 fully saturated rings. The minimum Gasteiger partial charge on any atom is -0.232 e. The third-order valence-electron chi connectivity index (χ3n) is 2.22. The first kappa shape index (κ1) is 13.4. The molecule has 1 heteroatoms. The summed E-state index contributed by atoms with van der Waals surface area (Å²) in [6.07, 6.45) is 13.9. The summed E-state index contributed by atoms with van der Waals surface area (Å²) < 4.78 is 0. The van der Waals surface area contributed by atoms with Gasteiger partial charge in [-0.05, 0) is 25.3 Å². The number of allylic oxidation sites excluding steroid dienone is 3. The summed E-state index contributed by atoms with van der Waals surface area (Å²) in [5, 5.41) is 10.4. The standard InChI is InChI=1S/C13H23O/c1-3-4-5-6-7-8-9-10-11-13(2)12-14/h9-11H,3-8,12H2,1-2H3. The molecule has 0 aromatic rings. The van der Waals surface area contributed by atoms with Crippen LogP contribution in [-0.4, -0.2) is 6.61 Å². The van der Waals surface area contributed by atoms with Crippen LogP contribution in [-0.2, 0) is 5.11 Å². The van der Waals surface area contributed by atoms with Gasteiger partial charge in [-0.25, -0.2) is 5.11 Å². The fraction of sp³-hybridized carbons (Fsp3) is 0.692. The first-order valence-electron chi connectivity index (χ1n) is 5.71. The molecule has 0 aromatic carbocycles. The van der Waals surface area contributed by atoms with Gasteiger partial charge in [-0.2, -0.15) is 0 Å². The van der Waals surface area contributed by atoms with Crippen LogP contribution < -0.4 is 0 Å². The Morgan fingerprint density at radius 2 is 1.86 bits per heavy atom. The van der Waals surface area contributed by atoms with Crippen LogP contribution in [0.2, 0.25) is 0 Å². The molecule has 0 bridgehead atoms. The maximum absolute atomic E-state index is 10.4. The summed E-state index contributed by atoms with van der Waals surface area (Å²) in [6, 6.07) is 0. The van der Waals surface area contributed by atoms with Gasteiger partial charge < -0.3 is 0 Å². The van der Waals surface area contributed by atoms with Crippen molar-refractivity contribution in [2.24, 2.45) is 0 Å². The van der Waals surface area contributed by atoms with Crippen LogP contribution in [0.3, 0.4) is 0 Å². The van der Waals surface area contributed by atoms with Gasteiger partial charge in [0.15, 0.2) is 0 Å². The van der Waals surface area contributed by atoms with Crippen molar-refractivity contribution in [1.29, 1.82) is 0 Å². The fourth-order valence-electron chi connectivity index (χ4n) is 1.24. The predicted octanol–water partition coefficient (Wildman–Crippen LogP) is 4.28. The second-order valence-electron chi connectivity index (χ2n) is 3.79. The van der Waals surface area contributed by atoms with E-state index < -0.39 is 0 Å². The average Bonchev–Trinajstić information content (AvgIpc) is 2.21. The molecule has 0 unspecified atom stereocenters. The van der Waals surface area contributed by atoms with Gasteiger partial charge in [-0.1, -0.05) is 50.8 Å². The second-order valence-corrected chi connectivity index (χ2v) is 3.79. The Hall–Kier alpha value is -0.560. The Labute approximate surface area is 88.5 Å². The minimum atomic E-state index is -0.0825. The topological polar surface area (TPSA) is 19.9 Å². The molecule has 81 valence electrons. The van der Waals surface area contributed by atoms with Crippen LogP contribution in [0.5, 0.6) is 0 Å². The van der Waals surface area contributed by atoms with Crippen molar-refractivity contribution in [2.75, 3.05) is 6.61 Å². The summed E-state index contributed by atoms with van der Waals surface area (Å²) >= 11 is 0. The van der Waals surface area contributed by atoms with E-state index in [4.69, 9.17) is 0 Å². The highest BCUT2D eigenvalue weighted by Gasteiger charge is 1.86. The molecule has 0 heterocycles. The largest absolute Gasteiger partial charge is 0.232 e. The van der Waals surface area contributed by atoms with Crippen LogP contribution >= 0.6 is 0 Å². The molecule has 0 rings (SSSR count). The molecule has 0 amide bonds. The molecular weight excluding hydrogens is 172 g/mol.